The summed E-state index contributed by atoms with van der Waals surface area (Å²) < 4.78 is 47.1. The molecule has 0 bridgehead atoms. The summed E-state index contributed by atoms with van der Waals surface area (Å²) in [6, 6.07) is 2.64. The van der Waals surface area contributed by atoms with Crippen LogP contribution in [0.3, 0.4) is 0 Å². The second-order valence-electron chi connectivity index (χ2n) is 5.63. The lowest BCUT2D eigenvalue weighted by Crippen LogP contribution is -2.06. The molecule has 4 heterocycles. The van der Waals surface area contributed by atoms with E-state index in [1.807, 2.05) is 0 Å². The van der Waals surface area contributed by atoms with Gasteiger partial charge in [-0.1, -0.05) is 0 Å². The molecule has 0 aliphatic heterocycles. The summed E-state index contributed by atoms with van der Waals surface area (Å²) in [6.07, 6.45) is 0.766. The highest BCUT2D eigenvalue weighted by Crippen LogP contribution is 2.32. The van der Waals surface area contributed by atoms with Gasteiger partial charge in [-0.2, -0.15) is 18.3 Å². The molecule has 11 heteroatoms. The minimum Gasteiger partial charge on any atom is -0.480 e. The van der Waals surface area contributed by atoms with E-state index in [-0.39, 0.29) is 11.2 Å². The second kappa shape index (κ2) is 6.04. The number of pyridine rings is 1. The summed E-state index contributed by atoms with van der Waals surface area (Å²) >= 11 is 0. The molecule has 0 aliphatic carbocycles. The number of aryl methyl sites for hydroxylation is 1. The number of rotatable bonds is 3. The Morgan fingerprint density at radius 3 is 2.48 bits per heavy atom. The maximum absolute atomic E-state index is 13.0. The third kappa shape index (κ3) is 2.96. The predicted molar refractivity (Wildman–Crippen MR) is 88.2 cm³/mol. The third-order valence-corrected chi connectivity index (χ3v) is 3.82. The van der Waals surface area contributed by atoms with Gasteiger partial charge in [0.25, 0.3) is 0 Å². The molecule has 0 fully saturated rings. The highest BCUT2D eigenvalue weighted by atomic mass is 19.4. The number of fused-ring (bicyclic) bond motifs is 1. The molecule has 0 atom stereocenters. The van der Waals surface area contributed by atoms with Crippen LogP contribution in [0.5, 0.6) is 5.88 Å². The molecule has 0 amide bonds. The molecule has 4 aromatic heterocycles. The molecule has 27 heavy (non-hydrogen) atoms. The highest BCUT2D eigenvalue weighted by molar-refractivity contribution is 5.79. The Balaban J connectivity index is 1.98. The molecule has 4 aromatic rings. The van der Waals surface area contributed by atoms with Crippen molar-refractivity contribution in [3.8, 4) is 23.2 Å². The van der Waals surface area contributed by atoms with Crippen molar-refractivity contribution in [2.75, 3.05) is 7.11 Å². The summed E-state index contributed by atoms with van der Waals surface area (Å²) in [5.41, 5.74) is -0.138. The number of nitrogens with zero attached hydrogens (tertiary/aromatic N) is 7. The number of halogens is 3. The molecule has 138 valence electrons. The fourth-order valence-corrected chi connectivity index (χ4v) is 2.57. The Labute approximate surface area is 150 Å². The van der Waals surface area contributed by atoms with Crippen LogP contribution in [0.25, 0.3) is 28.5 Å². The Morgan fingerprint density at radius 2 is 1.89 bits per heavy atom. The minimum absolute atomic E-state index is 0.0723. The van der Waals surface area contributed by atoms with Crippen LogP contribution < -0.4 is 4.74 Å². The van der Waals surface area contributed by atoms with Crippen LogP contribution >= 0.6 is 0 Å². The highest BCUT2D eigenvalue weighted by Gasteiger charge is 2.32. The molecule has 0 saturated carbocycles. The van der Waals surface area contributed by atoms with Gasteiger partial charge in [-0.25, -0.2) is 19.9 Å². The van der Waals surface area contributed by atoms with Gasteiger partial charge in [0, 0.05) is 19.4 Å². The van der Waals surface area contributed by atoms with Gasteiger partial charge in [0.15, 0.2) is 17.3 Å². The van der Waals surface area contributed by atoms with Crippen LogP contribution in [0.2, 0.25) is 0 Å². The molecule has 8 nitrogen and oxygen atoms in total. The summed E-state index contributed by atoms with van der Waals surface area (Å²) in [6.45, 7) is 0. The number of hydrogen-bond acceptors (Lipinski definition) is 6. The number of aromatic nitrogens is 7. The van der Waals surface area contributed by atoms with E-state index in [0.717, 1.165) is 12.3 Å². The van der Waals surface area contributed by atoms with Gasteiger partial charge in [-0.15, -0.1) is 0 Å². The zero-order valence-corrected chi connectivity index (χ0v) is 14.1. The lowest BCUT2D eigenvalue weighted by molar-refractivity contribution is -0.137. The van der Waals surface area contributed by atoms with Crippen molar-refractivity contribution in [1.82, 2.24) is 34.3 Å². The third-order valence-electron chi connectivity index (χ3n) is 3.82. The quantitative estimate of drug-likeness (QED) is 0.547. The van der Waals surface area contributed by atoms with Crippen LogP contribution in [-0.4, -0.2) is 41.4 Å². The summed E-state index contributed by atoms with van der Waals surface area (Å²) in [5, 5.41) is 4.28. The van der Waals surface area contributed by atoms with Crippen molar-refractivity contribution in [3.05, 3.63) is 42.5 Å². The standard InChI is InChI=1S/C16H12F3N7O/c1-25-4-3-10(24-25)15-23-11-5-9(16(17,18)19)6-22-14(11)26(15)12-7-21-13(27-2)8-20-12/h3-8H,1-2H3. The average molecular weight is 375 g/mol. The van der Waals surface area contributed by atoms with Gasteiger partial charge < -0.3 is 4.74 Å². The normalized spacial score (nSPS) is 11.9. The number of ether oxygens (including phenoxy) is 1. The number of methoxy groups -OCH3 is 1. The molecule has 0 spiro atoms. The van der Waals surface area contributed by atoms with Crippen molar-refractivity contribution in [1.29, 1.82) is 0 Å². The smallest absolute Gasteiger partial charge is 0.417 e. The van der Waals surface area contributed by atoms with Crippen molar-refractivity contribution < 1.29 is 17.9 Å². The van der Waals surface area contributed by atoms with Gasteiger partial charge in [0.05, 0.1) is 25.1 Å². The van der Waals surface area contributed by atoms with E-state index < -0.39 is 11.7 Å². The Kier molecular flexibility index (Phi) is 3.79. The zero-order valence-electron chi connectivity index (χ0n) is 14.1. The maximum Gasteiger partial charge on any atom is 0.417 e. The van der Waals surface area contributed by atoms with E-state index in [1.165, 1.54) is 24.1 Å². The Hall–Kier alpha value is -3.50. The van der Waals surface area contributed by atoms with Crippen molar-refractivity contribution in [2.24, 2.45) is 7.05 Å². The van der Waals surface area contributed by atoms with E-state index in [1.54, 1.807) is 24.0 Å². The molecule has 0 radical (unpaired) electrons. The van der Waals surface area contributed by atoms with Crippen molar-refractivity contribution in [3.63, 3.8) is 0 Å². The summed E-state index contributed by atoms with van der Waals surface area (Å²) in [5.74, 6) is 0.929. The number of hydrogen-bond donors (Lipinski definition) is 0. The second-order valence-corrected chi connectivity index (χ2v) is 5.63. The van der Waals surface area contributed by atoms with Gasteiger partial charge >= 0.3 is 6.18 Å². The summed E-state index contributed by atoms with van der Waals surface area (Å²) in [7, 11) is 3.18. The van der Waals surface area contributed by atoms with Crippen LogP contribution in [0.15, 0.2) is 36.9 Å². The molecule has 0 aliphatic rings. The SMILES string of the molecule is COc1cnc(-n2c(-c3ccn(C)n3)nc3cc(C(F)(F)F)cnc32)cn1. The lowest BCUT2D eigenvalue weighted by Gasteiger charge is -2.08. The molecular formula is C16H12F3N7O. The first-order valence-corrected chi connectivity index (χ1v) is 7.69. The van der Waals surface area contributed by atoms with Gasteiger partial charge in [-0.05, 0) is 12.1 Å². The Bertz CT molecular complexity index is 1120. The lowest BCUT2D eigenvalue weighted by atomic mass is 10.2. The first kappa shape index (κ1) is 16.9. The fourth-order valence-electron chi connectivity index (χ4n) is 2.57. The van der Waals surface area contributed by atoms with Gasteiger partial charge in [0.2, 0.25) is 5.88 Å². The molecule has 0 N–H and O–H groups in total. The summed E-state index contributed by atoms with van der Waals surface area (Å²) in [4.78, 5) is 16.6. The fraction of sp³-hybridized carbons (Fsp3) is 0.188. The van der Waals surface area contributed by atoms with E-state index >= 15 is 0 Å². The van der Waals surface area contributed by atoms with Crippen molar-refractivity contribution >= 4 is 11.2 Å². The Morgan fingerprint density at radius 1 is 1.07 bits per heavy atom. The van der Waals surface area contributed by atoms with Crippen LogP contribution in [0.1, 0.15) is 5.56 Å². The molecule has 0 saturated heterocycles. The predicted octanol–water partition coefficient (Wildman–Crippen LogP) is 2.64. The van der Waals surface area contributed by atoms with Crippen LogP contribution in [0.4, 0.5) is 13.2 Å². The van der Waals surface area contributed by atoms with Gasteiger partial charge in [0.1, 0.15) is 11.2 Å². The van der Waals surface area contributed by atoms with Crippen LogP contribution in [-0.2, 0) is 13.2 Å². The zero-order chi connectivity index (χ0) is 19.2. The number of alkyl halides is 3. The van der Waals surface area contributed by atoms with E-state index in [2.05, 4.69) is 25.0 Å². The maximum atomic E-state index is 13.0. The molecule has 0 aromatic carbocycles. The van der Waals surface area contributed by atoms with Crippen LogP contribution in [0, 0.1) is 0 Å². The van der Waals surface area contributed by atoms with E-state index in [4.69, 9.17) is 4.74 Å². The monoisotopic (exact) mass is 375 g/mol. The minimum atomic E-state index is -4.52. The molecular weight excluding hydrogens is 363 g/mol. The van der Waals surface area contributed by atoms with Gasteiger partial charge in [-0.3, -0.25) is 9.25 Å². The molecule has 4 rings (SSSR count). The van der Waals surface area contributed by atoms with E-state index in [9.17, 15) is 13.2 Å². The molecule has 0 unspecified atom stereocenters. The average Bonchev–Trinajstić information content (AvgIpc) is 3.23. The van der Waals surface area contributed by atoms with Crippen molar-refractivity contribution in [2.45, 2.75) is 6.18 Å². The first-order valence-electron chi connectivity index (χ1n) is 7.69. The first-order chi connectivity index (χ1) is 12.9. The number of imidazole rings is 1. The largest absolute Gasteiger partial charge is 0.480 e. The van der Waals surface area contributed by atoms with E-state index in [0.29, 0.717) is 23.2 Å². The topological polar surface area (TPSA) is 83.5 Å².